The fourth-order valence-electron chi connectivity index (χ4n) is 2.91. The van der Waals surface area contributed by atoms with Crippen molar-refractivity contribution in [2.45, 2.75) is 20.4 Å². The second-order valence-corrected chi connectivity index (χ2v) is 5.94. The van der Waals surface area contributed by atoms with Gasteiger partial charge in [0.15, 0.2) is 0 Å². The molecule has 0 unspecified atom stereocenters. The highest BCUT2D eigenvalue weighted by molar-refractivity contribution is 5.70. The Morgan fingerprint density at radius 3 is 2.32 bits per heavy atom. The van der Waals surface area contributed by atoms with E-state index in [2.05, 4.69) is 72.8 Å². The third kappa shape index (κ3) is 2.19. The van der Waals surface area contributed by atoms with E-state index in [9.17, 15) is 0 Å². The number of nitrogens with zero attached hydrogens (tertiary/aromatic N) is 2. The monoisotopic (exact) mass is 289 g/mol. The number of fused-ring (bicyclic) bond motifs is 1. The molecule has 1 aromatic heterocycles. The van der Waals surface area contributed by atoms with Crippen molar-refractivity contribution < 1.29 is 0 Å². The average Bonchev–Trinajstić information content (AvgIpc) is 3.12. The molecule has 0 fully saturated rings. The molecule has 0 saturated heterocycles. The summed E-state index contributed by atoms with van der Waals surface area (Å²) in [5.41, 5.74) is 7.38. The number of rotatable bonds is 2. The fourth-order valence-corrected chi connectivity index (χ4v) is 2.91. The second-order valence-electron chi connectivity index (χ2n) is 5.94. The molecule has 0 aliphatic carbocycles. The summed E-state index contributed by atoms with van der Waals surface area (Å²) >= 11 is 0. The van der Waals surface area contributed by atoms with Crippen LogP contribution in [0.2, 0.25) is 0 Å². The number of aryl methyl sites for hydroxylation is 2. The highest BCUT2D eigenvalue weighted by Gasteiger charge is 2.13. The molecular formula is C19H19N3. The molecule has 1 aliphatic heterocycles. The van der Waals surface area contributed by atoms with Gasteiger partial charge < -0.3 is 5.32 Å². The fraction of sp³-hybridized carbons (Fsp3) is 0.211. The van der Waals surface area contributed by atoms with Crippen LogP contribution >= 0.6 is 0 Å². The summed E-state index contributed by atoms with van der Waals surface area (Å²) in [6, 6.07) is 17.4. The zero-order chi connectivity index (χ0) is 15.1. The quantitative estimate of drug-likeness (QED) is 0.764. The van der Waals surface area contributed by atoms with Crippen LogP contribution in [0.3, 0.4) is 0 Å². The largest absolute Gasteiger partial charge is 0.368 e. The summed E-state index contributed by atoms with van der Waals surface area (Å²) in [4.78, 5) is 0. The van der Waals surface area contributed by atoms with Crippen LogP contribution in [0.5, 0.6) is 0 Å². The maximum Gasteiger partial charge on any atom is 0.125 e. The van der Waals surface area contributed by atoms with Crippen LogP contribution in [0, 0.1) is 13.8 Å². The zero-order valence-electron chi connectivity index (χ0n) is 12.9. The van der Waals surface area contributed by atoms with Gasteiger partial charge in [-0.2, -0.15) is 5.10 Å². The summed E-state index contributed by atoms with van der Waals surface area (Å²) in [7, 11) is 0. The standard InChI is InChI=1S/C19H19N3/c1-13-3-4-17(11-14(13)2)15-5-7-16(8-6-15)18-12-19-20-9-10-22(19)21-18/h3-8,11-12,20H,9-10H2,1-2H3. The molecule has 0 atom stereocenters. The number of benzene rings is 2. The Bertz CT molecular complexity index is 807. The molecule has 0 bridgehead atoms. The van der Waals surface area contributed by atoms with Gasteiger partial charge in [-0.15, -0.1) is 0 Å². The lowest BCUT2D eigenvalue weighted by molar-refractivity contribution is 0.699. The first-order chi connectivity index (χ1) is 10.7. The average molecular weight is 289 g/mol. The molecular weight excluding hydrogens is 270 g/mol. The van der Waals surface area contributed by atoms with Gasteiger partial charge in [0.2, 0.25) is 0 Å². The van der Waals surface area contributed by atoms with Crippen molar-refractivity contribution in [3.05, 3.63) is 59.7 Å². The van der Waals surface area contributed by atoms with E-state index in [1.807, 2.05) is 4.68 Å². The topological polar surface area (TPSA) is 29.9 Å². The lowest BCUT2D eigenvalue weighted by Crippen LogP contribution is -1.96. The summed E-state index contributed by atoms with van der Waals surface area (Å²) in [6.45, 7) is 6.24. The van der Waals surface area contributed by atoms with Crippen molar-refractivity contribution in [3.8, 4) is 22.4 Å². The molecule has 0 saturated carbocycles. The smallest absolute Gasteiger partial charge is 0.125 e. The number of hydrogen-bond donors (Lipinski definition) is 1. The van der Waals surface area contributed by atoms with Crippen LogP contribution in [0.15, 0.2) is 48.5 Å². The summed E-state index contributed by atoms with van der Waals surface area (Å²) in [5, 5.41) is 7.98. The molecule has 110 valence electrons. The molecule has 2 aromatic carbocycles. The third-order valence-corrected chi connectivity index (χ3v) is 4.43. The zero-order valence-corrected chi connectivity index (χ0v) is 12.9. The summed E-state index contributed by atoms with van der Waals surface area (Å²) in [6.07, 6.45) is 0. The van der Waals surface area contributed by atoms with Gasteiger partial charge in [-0.05, 0) is 36.1 Å². The Morgan fingerprint density at radius 1 is 0.864 bits per heavy atom. The number of nitrogens with one attached hydrogen (secondary N) is 1. The van der Waals surface area contributed by atoms with E-state index in [4.69, 9.17) is 0 Å². The van der Waals surface area contributed by atoms with E-state index in [0.717, 1.165) is 30.2 Å². The first-order valence-corrected chi connectivity index (χ1v) is 7.70. The molecule has 3 aromatic rings. The van der Waals surface area contributed by atoms with Crippen LogP contribution in [0.1, 0.15) is 11.1 Å². The van der Waals surface area contributed by atoms with Gasteiger partial charge >= 0.3 is 0 Å². The minimum absolute atomic E-state index is 0.954. The van der Waals surface area contributed by atoms with Crippen molar-refractivity contribution in [2.24, 2.45) is 0 Å². The Balaban J connectivity index is 1.66. The molecule has 3 heteroatoms. The second kappa shape index (κ2) is 5.02. The normalized spacial score (nSPS) is 13.0. The Kier molecular flexibility index (Phi) is 3.00. The third-order valence-electron chi connectivity index (χ3n) is 4.43. The maximum atomic E-state index is 4.64. The van der Waals surface area contributed by atoms with E-state index in [1.54, 1.807) is 0 Å². The van der Waals surface area contributed by atoms with Gasteiger partial charge in [0, 0.05) is 18.2 Å². The first kappa shape index (κ1) is 13.1. The van der Waals surface area contributed by atoms with Crippen molar-refractivity contribution in [1.29, 1.82) is 0 Å². The van der Waals surface area contributed by atoms with Gasteiger partial charge in [-0.25, -0.2) is 4.68 Å². The lowest BCUT2D eigenvalue weighted by Gasteiger charge is -2.06. The van der Waals surface area contributed by atoms with Gasteiger partial charge in [-0.1, -0.05) is 42.5 Å². The van der Waals surface area contributed by atoms with Gasteiger partial charge in [-0.3, -0.25) is 0 Å². The van der Waals surface area contributed by atoms with Gasteiger partial charge in [0.25, 0.3) is 0 Å². The van der Waals surface area contributed by atoms with Crippen molar-refractivity contribution in [1.82, 2.24) is 9.78 Å². The highest BCUT2D eigenvalue weighted by atomic mass is 15.4. The molecule has 0 spiro atoms. The predicted molar refractivity (Wildman–Crippen MR) is 91.1 cm³/mol. The van der Waals surface area contributed by atoms with Crippen molar-refractivity contribution in [2.75, 3.05) is 11.9 Å². The number of anilines is 1. The maximum absolute atomic E-state index is 4.64. The van der Waals surface area contributed by atoms with E-state index in [-0.39, 0.29) is 0 Å². The van der Waals surface area contributed by atoms with Crippen LogP contribution in [0.25, 0.3) is 22.4 Å². The van der Waals surface area contributed by atoms with Crippen LogP contribution in [-0.4, -0.2) is 16.3 Å². The van der Waals surface area contributed by atoms with E-state index in [0.29, 0.717) is 0 Å². The number of aromatic nitrogens is 2. The molecule has 4 rings (SSSR count). The van der Waals surface area contributed by atoms with Gasteiger partial charge in [0.1, 0.15) is 5.82 Å². The number of hydrogen-bond acceptors (Lipinski definition) is 2. The lowest BCUT2D eigenvalue weighted by atomic mass is 9.99. The Morgan fingerprint density at radius 2 is 1.59 bits per heavy atom. The van der Waals surface area contributed by atoms with Crippen LogP contribution < -0.4 is 5.32 Å². The Labute approximate surface area is 130 Å². The molecule has 1 N–H and O–H groups in total. The molecule has 1 aliphatic rings. The molecule has 22 heavy (non-hydrogen) atoms. The van der Waals surface area contributed by atoms with E-state index < -0.39 is 0 Å². The van der Waals surface area contributed by atoms with Crippen LogP contribution in [0.4, 0.5) is 5.82 Å². The minimum atomic E-state index is 0.954. The van der Waals surface area contributed by atoms with Crippen molar-refractivity contribution in [3.63, 3.8) is 0 Å². The van der Waals surface area contributed by atoms with Gasteiger partial charge in [0.05, 0.1) is 12.2 Å². The molecule has 0 amide bonds. The molecule has 0 radical (unpaired) electrons. The summed E-state index contributed by atoms with van der Waals surface area (Å²) < 4.78 is 2.03. The minimum Gasteiger partial charge on any atom is -0.368 e. The predicted octanol–water partition coefficient (Wildman–Crippen LogP) is 4.26. The Hall–Kier alpha value is -2.55. The van der Waals surface area contributed by atoms with Crippen molar-refractivity contribution >= 4 is 5.82 Å². The SMILES string of the molecule is Cc1ccc(-c2ccc(-c3cc4n(n3)CCN4)cc2)cc1C. The molecule has 2 heterocycles. The van der Waals surface area contributed by atoms with E-state index in [1.165, 1.54) is 22.3 Å². The first-order valence-electron chi connectivity index (χ1n) is 7.70. The summed E-state index contributed by atoms with van der Waals surface area (Å²) in [5.74, 6) is 1.12. The van der Waals surface area contributed by atoms with Crippen LogP contribution in [-0.2, 0) is 6.54 Å². The van der Waals surface area contributed by atoms with E-state index >= 15 is 0 Å². The molecule has 3 nitrogen and oxygen atoms in total. The highest BCUT2D eigenvalue weighted by Crippen LogP contribution is 2.28.